The average Bonchev–Trinajstić information content (AvgIpc) is 1.83. The Balaban J connectivity index is 3.38. The molecule has 0 heterocycles. The zero-order chi connectivity index (χ0) is 6.41. The van der Waals surface area contributed by atoms with E-state index in [0.29, 0.717) is 0 Å². The first-order valence-electron chi connectivity index (χ1n) is 2.39. The molecule has 0 radical (unpaired) electrons. The maximum Gasteiger partial charge on any atom is 0.0319 e. The van der Waals surface area contributed by atoms with Gasteiger partial charge < -0.3 is 0 Å². The summed E-state index contributed by atoms with van der Waals surface area (Å²) in [4.78, 5) is 4.02. The van der Waals surface area contributed by atoms with Crippen molar-refractivity contribution in [3.05, 3.63) is 0 Å². The van der Waals surface area contributed by atoms with E-state index in [-0.39, 0.29) is 0 Å². The highest BCUT2D eigenvalue weighted by atomic mass is 32.2. The first-order chi connectivity index (χ1) is 3.85. The third kappa shape index (κ3) is 3.38. The Hall–Kier alpha value is 0.370. The predicted molar refractivity (Wildman–Crippen MR) is 45.6 cm³/mol. The fourth-order valence-electron chi connectivity index (χ4n) is 0.348. The molecule has 3 heteroatoms. The fourth-order valence-corrected chi connectivity index (χ4v) is 1.32. The summed E-state index contributed by atoms with van der Waals surface area (Å²) in [6.07, 6.45) is 2.06. The van der Waals surface area contributed by atoms with Gasteiger partial charge in [0, 0.05) is 24.3 Å². The molecule has 0 saturated heterocycles. The second kappa shape index (κ2) is 5.51. The molecule has 0 aliphatic rings. The third-order valence-electron chi connectivity index (χ3n) is 0.810. The lowest BCUT2D eigenvalue weighted by molar-refractivity contribution is 1.42. The molecule has 8 heavy (non-hydrogen) atoms. The number of thiol groups is 1. The first-order valence-corrected chi connectivity index (χ1v) is 4.42. The smallest absolute Gasteiger partial charge is 0.0319 e. The molecule has 0 N–H and O–H groups in total. The van der Waals surface area contributed by atoms with Crippen LogP contribution < -0.4 is 0 Å². The molecule has 0 aliphatic heterocycles. The van der Waals surface area contributed by atoms with Crippen LogP contribution in [-0.4, -0.2) is 30.5 Å². The minimum atomic E-state index is 0.789. The number of aliphatic imine (C=N–C) groups is 1. The molecule has 0 fully saturated rings. The van der Waals surface area contributed by atoms with Crippen molar-refractivity contribution in [3.8, 4) is 0 Å². The molecular weight excluding hydrogens is 138 g/mol. The fraction of sp³-hybridized carbons (Fsp3) is 0.800. The number of nitrogens with zero attached hydrogens (tertiary/aromatic N) is 1. The van der Waals surface area contributed by atoms with Crippen LogP contribution in [0, 0.1) is 0 Å². The zero-order valence-corrected chi connectivity index (χ0v) is 6.93. The van der Waals surface area contributed by atoms with Gasteiger partial charge in [0.2, 0.25) is 0 Å². The summed E-state index contributed by atoms with van der Waals surface area (Å²) in [5, 5.41) is 0. The first kappa shape index (κ1) is 8.37. The van der Waals surface area contributed by atoms with Crippen molar-refractivity contribution in [2.45, 2.75) is 0 Å². The van der Waals surface area contributed by atoms with Crippen LogP contribution in [0.15, 0.2) is 4.99 Å². The summed E-state index contributed by atoms with van der Waals surface area (Å²) >= 11 is 5.86. The molecule has 0 unspecified atom stereocenters. The van der Waals surface area contributed by atoms with Gasteiger partial charge in [-0.25, -0.2) is 0 Å². The highest BCUT2D eigenvalue weighted by Crippen LogP contribution is 1.94. The van der Waals surface area contributed by atoms with Gasteiger partial charge in [-0.15, -0.1) is 0 Å². The second-order valence-electron chi connectivity index (χ2n) is 1.38. The van der Waals surface area contributed by atoms with Gasteiger partial charge in [0.05, 0.1) is 0 Å². The van der Waals surface area contributed by atoms with Crippen molar-refractivity contribution < 1.29 is 0 Å². The van der Waals surface area contributed by atoms with Crippen LogP contribution >= 0.6 is 24.4 Å². The van der Waals surface area contributed by atoms with E-state index in [1.54, 1.807) is 11.8 Å². The highest BCUT2D eigenvalue weighted by molar-refractivity contribution is 7.99. The van der Waals surface area contributed by atoms with Crippen LogP contribution in [0.4, 0.5) is 0 Å². The highest BCUT2D eigenvalue weighted by Gasteiger charge is 1.89. The Bertz CT molecular complexity index is 80.5. The predicted octanol–water partition coefficient (Wildman–Crippen LogP) is 1.35. The lowest BCUT2D eigenvalue weighted by atomic mass is 10.5. The number of hydrogen-bond acceptors (Lipinski definition) is 3. The second-order valence-corrected chi connectivity index (χ2v) is 2.56. The van der Waals surface area contributed by atoms with Gasteiger partial charge in [-0.05, 0) is 6.26 Å². The van der Waals surface area contributed by atoms with Crippen molar-refractivity contribution in [3.63, 3.8) is 0 Å². The lowest BCUT2D eigenvalue weighted by Gasteiger charge is -1.95. The van der Waals surface area contributed by atoms with Crippen LogP contribution in [0.25, 0.3) is 0 Å². The summed E-state index contributed by atoms with van der Waals surface area (Å²) in [6.45, 7) is 0. The molecule has 0 amide bonds. The Kier molecular flexibility index (Phi) is 5.76. The van der Waals surface area contributed by atoms with Crippen LogP contribution in [0.1, 0.15) is 0 Å². The van der Waals surface area contributed by atoms with Gasteiger partial charge in [0.1, 0.15) is 0 Å². The summed E-state index contributed by atoms with van der Waals surface area (Å²) in [7, 11) is 1.81. The summed E-state index contributed by atoms with van der Waals surface area (Å²) in [5.41, 5.74) is 1.17. The number of rotatable bonds is 3. The van der Waals surface area contributed by atoms with Crippen LogP contribution in [0.5, 0.6) is 0 Å². The minimum absolute atomic E-state index is 0.789. The maximum atomic E-state index is 4.09. The van der Waals surface area contributed by atoms with Gasteiger partial charge in [-0.3, -0.25) is 4.99 Å². The van der Waals surface area contributed by atoms with E-state index in [1.807, 2.05) is 7.05 Å². The van der Waals surface area contributed by atoms with Crippen LogP contribution in [0.3, 0.4) is 0 Å². The number of hydrogen-bond donors (Lipinski definition) is 1. The van der Waals surface area contributed by atoms with E-state index in [2.05, 4.69) is 23.9 Å². The average molecular weight is 149 g/mol. The summed E-state index contributed by atoms with van der Waals surface area (Å²) in [5.74, 6) is 1.80. The van der Waals surface area contributed by atoms with Gasteiger partial charge in [0.25, 0.3) is 0 Å². The van der Waals surface area contributed by atoms with E-state index in [0.717, 1.165) is 11.5 Å². The lowest BCUT2D eigenvalue weighted by Crippen LogP contribution is -2.02. The minimum Gasteiger partial charge on any atom is -0.296 e. The van der Waals surface area contributed by atoms with Crippen molar-refractivity contribution in [1.82, 2.24) is 0 Å². The summed E-state index contributed by atoms with van der Waals surface area (Å²) in [6, 6.07) is 0. The van der Waals surface area contributed by atoms with Gasteiger partial charge >= 0.3 is 0 Å². The van der Waals surface area contributed by atoms with Gasteiger partial charge in [0.15, 0.2) is 0 Å². The van der Waals surface area contributed by atoms with E-state index in [9.17, 15) is 0 Å². The largest absolute Gasteiger partial charge is 0.296 e. The van der Waals surface area contributed by atoms with Crippen molar-refractivity contribution in [2.75, 3.05) is 24.8 Å². The molecular formula is C5H11NS2. The monoisotopic (exact) mass is 149 g/mol. The normalized spacial score (nSPS) is 12.1. The molecule has 0 bridgehead atoms. The van der Waals surface area contributed by atoms with Crippen molar-refractivity contribution >= 4 is 30.1 Å². The van der Waals surface area contributed by atoms with Gasteiger partial charge in [-0.2, -0.15) is 24.4 Å². The quantitative estimate of drug-likeness (QED) is 0.472. The Morgan fingerprint density at radius 2 is 2.38 bits per heavy atom. The Morgan fingerprint density at radius 3 is 2.50 bits per heavy atom. The van der Waals surface area contributed by atoms with E-state index in [1.165, 1.54) is 5.71 Å². The maximum absolute atomic E-state index is 4.09. The van der Waals surface area contributed by atoms with E-state index in [4.69, 9.17) is 0 Å². The number of thioether (sulfide) groups is 1. The molecule has 0 aromatic heterocycles. The SMILES string of the molecule is C/N=C(/CS)CSC. The van der Waals surface area contributed by atoms with Gasteiger partial charge in [-0.1, -0.05) is 0 Å². The molecule has 48 valence electrons. The molecule has 0 aliphatic carbocycles. The zero-order valence-electron chi connectivity index (χ0n) is 5.22. The molecule has 0 atom stereocenters. The molecule has 1 nitrogen and oxygen atoms in total. The molecule has 0 aromatic rings. The topological polar surface area (TPSA) is 12.4 Å². The standard InChI is InChI=1S/C5H11NS2/c1-6-5(3-7)4-8-2/h7H,3-4H2,1-2H3/b6-5-. The molecule has 0 spiro atoms. The summed E-state index contributed by atoms with van der Waals surface area (Å²) < 4.78 is 0. The Morgan fingerprint density at radius 1 is 1.75 bits per heavy atom. The van der Waals surface area contributed by atoms with Crippen molar-refractivity contribution in [2.24, 2.45) is 4.99 Å². The Labute approximate surface area is 60.4 Å². The van der Waals surface area contributed by atoms with Crippen molar-refractivity contribution in [1.29, 1.82) is 0 Å². The molecule has 0 aromatic carbocycles. The van der Waals surface area contributed by atoms with Crippen LogP contribution in [0.2, 0.25) is 0 Å². The molecule has 0 saturated carbocycles. The van der Waals surface area contributed by atoms with E-state index < -0.39 is 0 Å². The van der Waals surface area contributed by atoms with E-state index >= 15 is 0 Å². The molecule has 0 rings (SSSR count). The third-order valence-corrected chi connectivity index (χ3v) is 1.80. The van der Waals surface area contributed by atoms with Crippen LogP contribution in [-0.2, 0) is 0 Å².